The molecule has 1 atom stereocenters. The third kappa shape index (κ3) is 2.30. The number of carbonyl (C=O) groups excluding carboxylic acids is 1. The lowest BCUT2D eigenvalue weighted by Gasteiger charge is -2.39. The van der Waals surface area contributed by atoms with Crippen LogP contribution in [-0.4, -0.2) is 55.0 Å². The van der Waals surface area contributed by atoms with E-state index < -0.39 is 0 Å². The molecule has 3 rings (SSSR count). The lowest BCUT2D eigenvalue weighted by molar-refractivity contribution is 0.0488. The van der Waals surface area contributed by atoms with Crippen LogP contribution in [0, 0.1) is 0 Å². The van der Waals surface area contributed by atoms with Crippen molar-refractivity contribution in [1.82, 2.24) is 9.80 Å². The average Bonchev–Trinajstić information content (AvgIpc) is 2.90. The van der Waals surface area contributed by atoms with Crippen molar-refractivity contribution in [3.63, 3.8) is 0 Å². The van der Waals surface area contributed by atoms with Crippen molar-refractivity contribution < 1.29 is 9.21 Å². The van der Waals surface area contributed by atoms with Gasteiger partial charge in [-0.3, -0.25) is 4.79 Å². The van der Waals surface area contributed by atoms with Crippen LogP contribution in [0.5, 0.6) is 0 Å². The summed E-state index contributed by atoms with van der Waals surface area (Å²) in [5.41, 5.74) is 6.54. The second kappa shape index (κ2) is 5.26. The first-order valence-corrected chi connectivity index (χ1v) is 6.87. The van der Waals surface area contributed by atoms with Crippen molar-refractivity contribution in [2.45, 2.75) is 6.04 Å². The summed E-state index contributed by atoms with van der Waals surface area (Å²) in [4.78, 5) is 16.6. The molecule has 1 fully saturated rings. The zero-order valence-corrected chi connectivity index (χ0v) is 11.6. The minimum atomic E-state index is -0.0650. The van der Waals surface area contributed by atoms with Crippen LogP contribution in [0.3, 0.4) is 0 Å². The van der Waals surface area contributed by atoms with E-state index in [2.05, 4.69) is 4.90 Å². The molecular weight excluding hydrogens is 254 g/mol. The lowest BCUT2D eigenvalue weighted by Crippen LogP contribution is -2.56. The van der Waals surface area contributed by atoms with Crippen LogP contribution in [0.25, 0.3) is 11.0 Å². The molecule has 5 nitrogen and oxygen atoms in total. The summed E-state index contributed by atoms with van der Waals surface area (Å²) in [6.07, 6.45) is 0. The van der Waals surface area contributed by atoms with E-state index in [4.69, 9.17) is 10.2 Å². The number of amides is 1. The highest BCUT2D eigenvalue weighted by Crippen LogP contribution is 2.21. The smallest absolute Gasteiger partial charge is 0.289 e. The van der Waals surface area contributed by atoms with Gasteiger partial charge in [-0.25, -0.2) is 0 Å². The Bertz CT molecular complexity index is 589. The van der Waals surface area contributed by atoms with Gasteiger partial charge in [0.15, 0.2) is 5.76 Å². The van der Waals surface area contributed by atoms with Crippen LogP contribution in [0.2, 0.25) is 0 Å². The first-order chi connectivity index (χ1) is 9.69. The van der Waals surface area contributed by atoms with Gasteiger partial charge in [0.25, 0.3) is 5.91 Å². The van der Waals surface area contributed by atoms with Crippen molar-refractivity contribution in [1.29, 1.82) is 0 Å². The zero-order valence-electron chi connectivity index (χ0n) is 11.6. The molecule has 0 radical (unpaired) electrons. The van der Waals surface area contributed by atoms with Gasteiger partial charge in [-0.2, -0.15) is 0 Å². The summed E-state index contributed by atoms with van der Waals surface area (Å²) in [5.74, 6) is 0.332. The lowest BCUT2D eigenvalue weighted by atomic mass is 10.1. The third-order valence-electron chi connectivity index (χ3n) is 3.86. The monoisotopic (exact) mass is 273 g/mol. The molecule has 1 aromatic carbocycles. The van der Waals surface area contributed by atoms with Gasteiger partial charge in [0.05, 0.1) is 6.04 Å². The largest absolute Gasteiger partial charge is 0.451 e. The molecule has 1 aromatic heterocycles. The van der Waals surface area contributed by atoms with Crippen molar-refractivity contribution >= 4 is 16.9 Å². The Morgan fingerprint density at radius 3 is 2.95 bits per heavy atom. The Morgan fingerprint density at radius 2 is 2.20 bits per heavy atom. The number of piperazine rings is 1. The van der Waals surface area contributed by atoms with Crippen LogP contribution < -0.4 is 5.73 Å². The number of hydrogen-bond donors (Lipinski definition) is 1. The predicted octanol–water partition coefficient (Wildman–Crippen LogP) is 1.15. The molecule has 0 spiro atoms. The fourth-order valence-electron chi connectivity index (χ4n) is 2.71. The predicted molar refractivity (Wildman–Crippen MR) is 77.6 cm³/mol. The van der Waals surface area contributed by atoms with Crippen LogP contribution in [0.15, 0.2) is 34.7 Å². The molecular formula is C15H19N3O2. The molecule has 1 saturated heterocycles. The molecule has 20 heavy (non-hydrogen) atoms. The maximum absolute atomic E-state index is 12.6. The van der Waals surface area contributed by atoms with Gasteiger partial charge in [-0.1, -0.05) is 18.2 Å². The number of furan rings is 1. The molecule has 1 aliphatic rings. The molecule has 2 N–H and O–H groups in total. The van der Waals surface area contributed by atoms with Crippen molar-refractivity contribution in [2.75, 3.05) is 33.2 Å². The SMILES string of the molecule is CN1CCN(C(=O)c2cc3ccccc3o2)C(CN)C1. The van der Waals surface area contributed by atoms with Crippen LogP contribution >= 0.6 is 0 Å². The van der Waals surface area contributed by atoms with Crippen LogP contribution in [-0.2, 0) is 0 Å². The first-order valence-electron chi connectivity index (χ1n) is 6.87. The highest BCUT2D eigenvalue weighted by atomic mass is 16.3. The van der Waals surface area contributed by atoms with Crippen LogP contribution in [0.1, 0.15) is 10.6 Å². The number of rotatable bonds is 2. The Balaban J connectivity index is 1.87. The van der Waals surface area contributed by atoms with Gasteiger partial charge in [0.1, 0.15) is 5.58 Å². The normalized spacial score (nSPS) is 20.5. The van der Waals surface area contributed by atoms with E-state index in [1.807, 2.05) is 42.3 Å². The number of nitrogens with two attached hydrogens (primary N) is 1. The van der Waals surface area contributed by atoms with Gasteiger partial charge in [-0.15, -0.1) is 0 Å². The van der Waals surface area contributed by atoms with E-state index >= 15 is 0 Å². The zero-order chi connectivity index (χ0) is 14.1. The number of hydrogen-bond acceptors (Lipinski definition) is 4. The second-order valence-electron chi connectivity index (χ2n) is 5.30. The Labute approximate surface area is 117 Å². The number of fused-ring (bicyclic) bond motifs is 1. The second-order valence-corrected chi connectivity index (χ2v) is 5.30. The highest BCUT2D eigenvalue weighted by molar-refractivity contribution is 5.96. The van der Waals surface area contributed by atoms with Gasteiger partial charge in [-0.05, 0) is 19.2 Å². The van der Waals surface area contributed by atoms with Crippen molar-refractivity contribution in [3.8, 4) is 0 Å². The molecule has 5 heteroatoms. The molecule has 2 aromatic rings. The summed E-state index contributed by atoms with van der Waals surface area (Å²) < 4.78 is 5.66. The number of benzene rings is 1. The van der Waals surface area contributed by atoms with E-state index in [0.717, 1.165) is 24.1 Å². The standard InChI is InChI=1S/C15H19N3O2/c1-17-6-7-18(12(9-16)10-17)15(19)14-8-11-4-2-3-5-13(11)20-14/h2-5,8,12H,6-7,9-10,16H2,1H3. The van der Waals surface area contributed by atoms with E-state index in [1.54, 1.807) is 0 Å². The van der Waals surface area contributed by atoms with Gasteiger partial charge >= 0.3 is 0 Å². The Kier molecular flexibility index (Phi) is 3.46. The number of carbonyl (C=O) groups is 1. The minimum absolute atomic E-state index is 0.0504. The molecule has 1 amide bonds. The molecule has 1 aliphatic heterocycles. The van der Waals surface area contributed by atoms with E-state index in [-0.39, 0.29) is 11.9 Å². The molecule has 106 valence electrons. The summed E-state index contributed by atoms with van der Waals surface area (Å²) in [5, 5.41) is 0.953. The number of nitrogens with zero attached hydrogens (tertiary/aromatic N) is 2. The summed E-state index contributed by atoms with van der Waals surface area (Å²) in [6, 6.07) is 9.51. The number of likely N-dealkylation sites (N-methyl/N-ethyl adjacent to an activating group) is 1. The maximum atomic E-state index is 12.6. The van der Waals surface area contributed by atoms with Crippen molar-refractivity contribution in [3.05, 3.63) is 36.1 Å². The fraction of sp³-hybridized carbons (Fsp3) is 0.400. The summed E-state index contributed by atoms with van der Waals surface area (Å²) >= 11 is 0. The fourth-order valence-corrected chi connectivity index (χ4v) is 2.71. The van der Waals surface area contributed by atoms with E-state index in [1.165, 1.54) is 0 Å². The van der Waals surface area contributed by atoms with Gasteiger partial charge in [0, 0.05) is 31.6 Å². The van der Waals surface area contributed by atoms with E-state index in [0.29, 0.717) is 18.8 Å². The molecule has 2 heterocycles. The molecule has 0 aliphatic carbocycles. The van der Waals surface area contributed by atoms with Crippen LogP contribution in [0.4, 0.5) is 0 Å². The molecule has 1 unspecified atom stereocenters. The number of para-hydroxylation sites is 1. The third-order valence-corrected chi connectivity index (χ3v) is 3.86. The van der Waals surface area contributed by atoms with E-state index in [9.17, 15) is 4.79 Å². The Hall–Kier alpha value is -1.85. The average molecular weight is 273 g/mol. The summed E-state index contributed by atoms with van der Waals surface area (Å²) in [7, 11) is 2.05. The topological polar surface area (TPSA) is 62.7 Å². The summed E-state index contributed by atoms with van der Waals surface area (Å²) in [6.45, 7) is 2.83. The molecule has 0 bridgehead atoms. The van der Waals surface area contributed by atoms with Gasteiger partial charge in [0.2, 0.25) is 0 Å². The Morgan fingerprint density at radius 1 is 1.40 bits per heavy atom. The maximum Gasteiger partial charge on any atom is 0.289 e. The molecule has 0 saturated carbocycles. The first kappa shape index (κ1) is 13.1. The highest BCUT2D eigenvalue weighted by Gasteiger charge is 2.30. The van der Waals surface area contributed by atoms with Crippen molar-refractivity contribution in [2.24, 2.45) is 5.73 Å². The minimum Gasteiger partial charge on any atom is -0.451 e. The quantitative estimate of drug-likeness (QED) is 0.891. The van der Waals surface area contributed by atoms with Gasteiger partial charge < -0.3 is 20.0 Å².